The lowest BCUT2D eigenvalue weighted by Gasteiger charge is -2.29. The number of nitrogens with one attached hydrogen (secondary N) is 1. The van der Waals surface area contributed by atoms with Crippen molar-refractivity contribution < 1.29 is 24.1 Å². The van der Waals surface area contributed by atoms with E-state index in [9.17, 15) is 4.79 Å². The molecule has 0 aromatic heterocycles. The fourth-order valence-corrected chi connectivity index (χ4v) is 3.55. The Hall–Kier alpha value is -2.15. The average Bonchev–Trinajstić information content (AvgIpc) is 2.83. The smallest absolute Gasteiger partial charge is 0.407 e. The quantitative estimate of drug-likeness (QED) is 0.185. The molecule has 1 aromatic carbocycles. The molecule has 0 aliphatic rings. The van der Waals surface area contributed by atoms with E-state index in [2.05, 4.69) is 30.1 Å². The first-order valence-electron chi connectivity index (χ1n) is 13.2. The molecule has 0 aliphatic heterocycles. The number of rotatable bonds is 17. The van der Waals surface area contributed by atoms with Crippen molar-refractivity contribution in [2.75, 3.05) is 33.0 Å². The standard InChI is InChI=1S/C28H45NO5.C2H6/c1-7-9-13-24(25-15-11-10-14-23(25)12-8-2)22-32-26(31)29-18-21-34-28(5,6)17-20-33-27(3,4)16-19-30;1-2/h7-11,14-15,24,30H,2,12-13,16-22H2,1,3-6H3,(H,29,31);1-2H3/b9-7-;. The number of allylic oxidation sites excluding steroid dienone is 3. The number of ether oxygens (including phenoxy) is 3. The van der Waals surface area contributed by atoms with Gasteiger partial charge in [0, 0.05) is 19.1 Å². The molecule has 206 valence electrons. The van der Waals surface area contributed by atoms with E-state index in [1.165, 1.54) is 11.1 Å². The topological polar surface area (TPSA) is 77.0 Å². The summed E-state index contributed by atoms with van der Waals surface area (Å²) in [6.45, 7) is 19.5. The number of alkyl carbamates (subject to hydrolysis) is 1. The SMILES string of the molecule is C=CCc1ccccc1C(C/C=C\C)COC(=O)NCCOC(C)(C)CCOC(C)(C)CCO.CC. The van der Waals surface area contributed by atoms with Crippen LogP contribution in [0.15, 0.2) is 49.1 Å². The minimum Gasteiger partial charge on any atom is -0.449 e. The van der Waals surface area contributed by atoms with Crippen LogP contribution in [0.3, 0.4) is 0 Å². The Balaban J connectivity index is 0.00000596. The number of aliphatic hydroxyl groups is 1. The van der Waals surface area contributed by atoms with Gasteiger partial charge in [-0.25, -0.2) is 4.79 Å². The zero-order chi connectivity index (χ0) is 27.5. The highest BCUT2D eigenvalue weighted by atomic mass is 16.5. The first-order valence-corrected chi connectivity index (χ1v) is 13.2. The highest BCUT2D eigenvalue weighted by Crippen LogP contribution is 2.25. The van der Waals surface area contributed by atoms with Crippen molar-refractivity contribution in [1.29, 1.82) is 0 Å². The van der Waals surface area contributed by atoms with Gasteiger partial charge in [0.05, 0.1) is 24.4 Å². The number of carbonyl (C=O) groups is 1. The van der Waals surface area contributed by atoms with Gasteiger partial charge in [0.1, 0.15) is 6.61 Å². The zero-order valence-corrected chi connectivity index (χ0v) is 23.8. The maximum atomic E-state index is 12.3. The van der Waals surface area contributed by atoms with E-state index in [0.717, 1.165) is 12.8 Å². The molecule has 0 heterocycles. The second kappa shape index (κ2) is 19.0. The Morgan fingerprint density at radius 2 is 1.72 bits per heavy atom. The molecule has 1 atom stereocenters. The molecule has 6 nitrogen and oxygen atoms in total. The van der Waals surface area contributed by atoms with Gasteiger partial charge < -0.3 is 24.6 Å². The van der Waals surface area contributed by atoms with Crippen molar-refractivity contribution in [2.24, 2.45) is 0 Å². The maximum Gasteiger partial charge on any atom is 0.407 e. The van der Waals surface area contributed by atoms with Crippen molar-refractivity contribution in [3.8, 4) is 0 Å². The molecule has 0 radical (unpaired) electrons. The number of carbonyl (C=O) groups excluding carboxylic acids is 1. The van der Waals surface area contributed by atoms with Gasteiger partial charge in [-0.1, -0.05) is 56.3 Å². The van der Waals surface area contributed by atoms with Gasteiger partial charge in [0.25, 0.3) is 0 Å². The van der Waals surface area contributed by atoms with Crippen molar-refractivity contribution in [2.45, 2.75) is 91.3 Å². The minimum absolute atomic E-state index is 0.0865. The summed E-state index contributed by atoms with van der Waals surface area (Å²) in [5.74, 6) is 0.0865. The van der Waals surface area contributed by atoms with Crippen molar-refractivity contribution in [3.05, 3.63) is 60.2 Å². The fraction of sp³-hybridized carbons (Fsp3) is 0.633. The molecule has 0 fully saturated rings. The average molecular weight is 506 g/mol. The van der Waals surface area contributed by atoms with Crippen LogP contribution in [-0.2, 0) is 20.6 Å². The molecular formula is C30H51NO5. The number of hydrogen-bond donors (Lipinski definition) is 2. The highest BCUT2D eigenvalue weighted by Gasteiger charge is 2.22. The summed E-state index contributed by atoms with van der Waals surface area (Å²) in [4.78, 5) is 12.3. The Bertz CT molecular complexity index is 757. The van der Waals surface area contributed by atoms with Gasteiger partial charge in [-0.15, -0.1) is 6.58 Å². The van der Waals surface area contributed by atoms with Crippen molar-refractivity contribution in [3.63, 3.8) is 0 Å². The third kappa shape index (κ3) is 15.1. The molecule has 0 bridgehead atoms. The first kappa shape index (κ1) is 33.8. The summed E-state index contributed by atoms with van der Waals surface area (Å²) in [6.07, 6.45) is 8.45. The van der Waals surface area contributed by atoms with Crippen molar-refractivity contribution in [1.82, 2.24) is 5.32 Å². The lowest BCUT2D eigenvalue weighted by molar-refractivity contribution is -0.0767. The molecule has 1 aromatic rings. The van der Waals surface area contributed by atoms with Gasteiger partial charge in [-0.05, 0) is 71.4 Å². The van der Waals surface area contributed by atoms with E-state index in [4.69, 9.17) is 19.3 Å². The molecule has 6 heteroatoms. The van der Waals surface area contributed by atoms with Gasteiger partial charge in [0.15, 0.2) is 0 Å². The molecule has 0 saturated heterocycles. The van der Waals surface area contributed by atoms with E-state index in [0.29, 0.717) is 39.2 Å². The van der Waals surface area contributed by atoms with Crippen LogP contribution in [0.2, 0.25) is 0 Å². The Morgan fingerprint density at radius 3 is 2.36 bits per heavy atom. The monoisotopic (exact) mass is 505 g/mol. The van der Waals surface area contributed by atoms with Crippen LogP contribution in [0.4, 0.5) is 4.79 Å². The lowest BCUT2D eigenvalue weighted by Crippen LogP contribution is -2.35. The van der Waals surface area contributed by atoms with Gasteiger partial charge >= 0.3 is 6.09 Å². The van der Waals surface area contributed by atoms with E-state index in [1.54, 1.807) is 0 Å². The van der Waals surface area contributed by atoms with Crippen LogP contribution in [0.5, 0.6) is 0 Å². The number of aliphatic hydroxyl groups excluding tert-OH is 1. The summed E-state index contributed by atoms with van der Waals surface area (Å²) in [5.41, 5.74) is 1.65. The molecule has 0 aliphatic carbocycles. The summed E-state index contributed by atoms with van der Waals surface area (Å²) in [7, 11) is 0. The van der Waals surface area contributed by atoms with Crippen LogP contribution < -0.4 is 5.32 Å². The maximum absolute atomic E-state index is 12.3. The van der Waals surface area contributed by atoms with Crippen LogP contribution in [-0.4, -0.2) is 55.4 Å². The number of amides is 1. The predicted molar refractivity (Wildman–Crippen MR) is 150 cm³/mol. The number of benzene rings is 1. The van der Waals surface area contributed by atoms with E-state index < -0.39 is 6.09 Å². The second-order valence-corrected chi connectivity index (χ2v) is 9.66. The summed E-state index contributed by atoms with van der Waals surface area (Å²) < 4.78 is 17.3. The van der Waals surface area contributed by atoms with Crippen molar-refractivity contribution >= 4 is 6.09 Å². The molecule has 0 saturated carbocycles. The lowest BCUT2D eigenvalue weighted by atomic mass is 9.90. The Morgan fingerprint density at radius 1 is 1.08 bits per heavy atom. The zero-order valence-electron chi connectivity index (χ0n) is 23.8. The Labute approximate surface area is 220 Å². The summed E-state index contributed by atoms with van der Waals surface area (Å²) >= 11 is 0. The van der Waals surface area contributed by atoms with Gasteiger partial charge in [-0.2, -0.15) is 0 Å². The van der Waals surface area contributed by atoms with E-state index in [-0.39, 0.29) is 23.7 Å². The second-order valence-electron chi connectivity index (χ2n) is 9.66. The van der Waals surface area contributed by atoms with Gasteiger partial charge in [-0.3, -0.25) is 0 Å². The van der Waals surface area contributed by atoms with Gasteiger partial charge in [0.2, 0.25) is 0 Å². The molecule has 0 spiro atoms. The van der Waals surface area contributed by atoms with E-state index >= 15 is 0 Å². The Kier molecular flexibility index (Phi) is 17.9. The van der Waals surface area contributed by atoms with Crippen LogP contribution >= 0.6 is 0 Å². The molecule has 36 heavy (non-hydrogen) atoms. The number of hydrogen-bond acceptors (Lipinski definition) is 5. The fourth-order valence-electron chi connectivity index (χ4n) is 3.55. The normalized spacial score (nSPS) is 12.6. The molecule has 2 N–H and O–H groups in total. The molecular weight excluding hydrogens is 454 g/mol. The minimum atomic E-state index is -0.442. The largest absolute Gasteiger partial charge is 0.449 e. The summed E-state index contributed by atoms with van der Waals surface area (Å²) in [6, 6.07) is 8.23. The van der Waals surface area contributed by atoms with Crippen LogP contribution in [0, 0.1) is 0 Å². The molecule has 1 amide bonds. The third-order valence-electron chi connectivity index (χ3n) is 5.71. The highest BCUT2D eigenvalue weighted by molar-refractivity contribution is 5.67. The van der Waals surface area contributed by atoms with E-state index in [1.807, 2.05) is 72.8 Å². The third-order valence-corrected chi connectivity index (χ3v) is 5.71. The van der Waals surface area contributed by atoms with Crippen LogP contribution in [0.1, 0.15) is 84.8 Å². The first-order chi connectivity index (χ1) is 17.1. The predicted octanol–water partition coefficient (Wildman–Crippen LogP) is 6.58. The molecule has 1 rings (SSSR count). The van der Waals surface area contributed by atoms with Crippen LogP contribution in [0.25, 0.3) is 0 Å². The summed E-state index contributed by atoms with van der Waals surface area (Å²) in [5, 5.41) is 11.9. The molecule has 1 unspecified atom stereocenters.